The molecular weight excluding hydrogens is 262 g/mol. The van der Waals surface area contributed by atoms with Crippen LogP contribution < -0.4 is 10.0 Å². The van der Waals surface area contributed by atoms with E-state index in [-0.39, 0.29) is 5.75 Å². The molecule has 0 bridgehead atoms. The summed E-state index contributed by atoms with van der Waals surface area (Å²) in [6, 6.07) is 0.649. The summed E-state index contributed by atoms with van der Waals surface area (Å²) in [5, 5.41) is 3.11. The maximum atomic E-state index is 11.7. The number of hydrogen-bond acceptors (Lipinski definition) is 4. The summed E-state index contributed by atoms with van der Waals surface area (Å²) in [4.78, 5) is 2.28. The van der Waals surface area contributed by atoms with Gasteiger partial charge in [-0.2, -0.15) is 0 Å². The van der Waals surface area contributed by atoms with Crippen molar-refractivity contribution >= 4 is 10.0 Å². The minimum absolute atomic E-state index is 0.167. The van der Waals surface area contributed by atoms with E-state index >= 15 is 0 Å². The van der Waals surface area contributed by atoms with Crippen molar-refractivity contribution in [3.63, 3.8) is 0 Å². The van der Waals surface area contributed by atoms with Gasteiger partial charge in [0.25, 0.3) is 0 Å². The van der Waals surface area contributed by atoms with Crippen LogP contribution in [0.4, 0.5) is 0 Å². The lowest BCUT2D eigenvalue weighted by molar-refractivity contribution is 0.250. The van der Waals surface area contributed by atoms with Crippen LogP contribution in [0.3, 0.4) is 0 Å². The quantitative estimate of drug-likeness (QED) is 0.584. The van der Waals surface area contributed by atoms with Gasteiger partial charge in [0.05, 0.1) is 5.75 Å². The van der Waals surface area contributed by atoms with Gasteiger partial charge in [-0.15, -0.1) is 0 Å². The summed E-state index contributed by atoms with van der Waals surface area (Å²) in [6.45, 7) is 4.79. The summed E-state index contributed by atoms with van der Waals surface area (Å²) in [7, 11) is -1.03. The molecule has 1 aliphatic carbocycles. The molecular formula is C13H29N3O2S. The molecule has 0 aromatic rings. The third kappa shape index (κ3) is 7.25. The number of rotatable bonds is 10. The van der Waals surface area contributed by atoms with Crippen LogP contribution in [0.15, 0.2) is 0 Å². The molecule has 0 radical (unpaired) electrons. The van der Waals surface area contributed by atoms with Gasteiger partial charge < -0.3 is 10.2 Å². The number of likely N-dealkylation sites (N-methyl/N-ethyl adjacent to an activating group) is 1. The van der Waals surface area contributed by atoms with Gasteiger partial charge in [-0.3, -0.25) is 0 Å². The Kier molecular flexibility index (Phi) is 7.90. The van der Waals surface area contributed by atoms with E-state index < -0.39 is 10.0 Å². The Bertz CT molecular complexity index is 327. The summed E-state index contributed by atoms with van der Waals surface area (Å²) in [5.74, 6) is 0.167. The molecule has 5 nitrogen and oxygen atoms in total. The molecule has 0 aliphatic heterocycles. The predicted octanol–water partition coefficient (Wildman–Crippen LogP) is 0.780. The molecule has 1 fully saturated rings. The molecule has 0 amide bonds. The Morgan fingerprint density at radius 2 is 1.84 bits per heavy atom. The monoisotopic (exact) mass is 291 g/mol. The molecule has 19 heavy (non-hydrogen) atoms. The van der Waals surface area contributed by atoms with Gasteiger partial charge in [0, 0.05) is 25.7 Å². The topological polar surface area (TPSA) is 61.4 Å². The van der Waals surface area contributed by atoms with Crippen LogP contribution >= 0.6 is 0 Å². The van der Waals surface area contributed by atoms with Crippen molar-refractivity contribution in [3.05, 3.63) is 0 Å². The predicted molar refractivity (Wildman–Crippen MR) is 79.8 cm³/mol. The first kappa shape index (κ1) is 16.9. The highest BCUT2D eigenvalue weighted by Crippen LogP contribution is 2.21. The van der Waals surface area contributed by atoms with Crippen molar-refractivity contribution in [3.8, 4) is 0 Å². The first-order valence-corrected chi connectivity index (χ1v) is 9.08. The van der Waals surface area contributed by atoms with E-state index in [4.69, 9.17) is 0 Å². The molecule has 2 N–H and O–H groups in total. The number of sulfonamides is 1. The van der Waals surface area contributed by atoms with Crippen LogP contribution in [0.25, 0.3) is 0 Å². The fourth-order valence-corrected chi connectivity index (χ4v) is 3.45. The fraction of sp³-hybridized carbons (Fsp3) is 1.00. The Morgan fingerprint density at radius 1 is 1.16 bits per heavy atom. The van der Waals surface area contributed by atoms with Gasteiger partial charge >= 0.3 is 0 Å². The van der Waals surface area contributed by atoms with E-state index in [0.717, 1.165) is 19.5 Å². The Balaban J connectivity index is 2.12. The smallest absolute Gasteiger partial charge is 0.212 e. The first-order valence-electron chi connectivity index (χ1n) is 7.43. The van der Waals surface area contributed by atoms with Gasteiger partial charge in [-0.25, -0.2) is 13.1 Å². The first-order chi connectivity index (χ1) is 9.05. The van der Waals surface area contributed by atoms with E-state index in [2.05, 4.69) is 28.9 Å². The molecule has 1 rings (SSSR count). The van der Waals surface area contributed by atoms with Crippen molar-refractivity contribution in [2.75, 3.05) is 39.0 Å². The third-order valence-electron chi connectivity index (χ3n) is 3.71. The Hall–Kier alpha value is -0.170. The molecule has 114 valence electrons. The molecule has 0 saturated heterocycles. The summed E-state index contributed by atoms with van der Waals surface area (Å²) in [6.07, 6.45) is 6.15. The minimum atomic E-state index is -3.12. The van der Waals surface area contributed by atoms with Crippen molar-refractivity contribution in [2.45, 2.75) is 45.1 Å². The molecule has 0 heterocycles. The zero-order chi connectivity index (χ0) is 14.1. The zero-order valence-corrected chi connectivity index (χ0v) is 13.1. The van der Waals surface area contributed by atoms with Gasteiger partial charge in [0.1, 0.15) is 0 Å². The second-order valence-corrected chi connectivity index (χ2v) is 7.31. The van der Waals surface area contributed by atoms with E-state index in [1.165, 1.54) is 25.7 Å². The highest BCUT2D eigenvalue weighted by Gasteiger charge is 2.19. The average molecular weight is 291 g/mol. The summed E-state index contributed by atoms with van der Waals surface area (Å²) < 4.78 is 26.1. The molecule has 1 saturated carbocycles. The molecule has 0 aromatic heterocycles. The number of hydrogen-bond donors (Lipinski definition) is 2. The maximum Gasteiger partial charge on any atom is 0.212 e. The lowest BCUT2D eigenvalue weighted by Crippen LogP contribution is -2.39. The summed E-state index contributed by atoms with van der Waals surface area (Å²) in [5.41, 5.74) is 0. The molecule has 0 aromatic carbocycles. The van der Waals surface area contributed by atoms with Gasteiger partial charge in [-0.05, 0) is 32.9 Å². The van der Waals surface area contributed by atoms with Gasteiger partial charge in [-0.1, -0.05) is 19.8 Å². The van der Waals surface area contributed by atoms with Crippen LogP contribution in [0.1, 0.15) is 39.0 Å². The van der Waals surface area contributed by atoms with Crippen molar-refractivity contribution in [2.24, 2.45) is 0 Å². The van der Waals surface area contributed by atoms with Crippen LogP contribution in [0.2, 0.25) is 0 Å². The molecule has 0 atom stereocenters. The standard InChI is InChI=1S/C13H29N3O2S/c1-3-8-14-10-12-19(17,18)15-9-11-16(2)13-6-4-5-7-13/h13-15H,3-12H2,1-2H3. The van der Waals surface area contributed by atoms with Crippen LogP contribution in [-0.4, -0.2) is 58.3 Å². The molecule has 6 heteroatoms. The second-order valence-electron chi connectivity index (χ2n) is 5.38. The fourth-order valence-electron chi connectivity index (χ4n) is 2.49. The lowest BCUT2D eigenvalue weighted by atomic mass is 10.2. The molecule has 1 aliphatic rings. The Morgan fingerprint density at radius 3 is 2.47 bits per heavy atom. The van der Waals surface area contributed by atoms with Crippen LogP contribution in [0, 0.1) is 0 Å². The SMILES string of the molecule is CCCNCCS(=O)(=O)NCCN(C)C1CCCC1. The van der Waals surface area contributed by atoms with Crippen molar-refractivity contribution in [1.82, 2.24) is 14.9 Å². The highest BCUT2D eigenvalue weighted by molar-refractivity contribution is 7.89. The van der Waals surface area contributed by atoms with Crippen molar-refractivity contribution in [1.29, 1.82) is 0 Å². The molecule has 0 unspecified atom stereocenters. The normalized spacial score (nSPS) is 17.4. The largest absolute Gasteiger partial charge is 0.316 e. The zero-order valence-electron chi connectivity index (χ0n) is 12.3. The van der Waals surface area contributed by atoms with E-state index in [9.17, 15) is 8.42 Å². The van der Waals surface area contributed by atoms with Crippen LogP contribution in [0.5, 0.6) is 0 Å². The molecule has 0 spiro atoms. The van der Waals surface area contributed by atoms with E-state index in [1.54, 1.807) is 0 Å². The second kappa shape index (κ2) is 8.89. The van der Waals surface area contributed by atoms with Gasteiger partial charge in [0.2, 0.25) is 10.0 Å². The Labute approximate surface area is 118 Å². The number of nitrogens with zero attached hydrogens (tertiary/aromatic N) is 1. The van der Waals surface area contributed by atoms with Crippen molar-refractivity contribution < 1.29 is 8.42 Å². The van der Waals surface area contributed by atoms with E-state index in [0.29, 0.717) is 19.1 Å². The average Bonchev–Trinajstić information content (AvgIpc) is 2.88. The van der Waals surface area contributed by atoms with Gasteiger partial charge in [0.15, 0.2) is 0 Å². The number of nitrogens with one attached hydrogen (secondary N) is 2. The minimum Gasteiger partial charge on any atom is -0.316 e. The summed E-state index contributed by atoms with van der Waals surface area (Å²) >= 11 is 0. The van der Waals surface area contributed by atoms with Crippen LogP contribution in [-0.2, 0) is 10.0 Å². The third-order valence-corrected chi connectivity index (χ3v) is 5.09. The van der Waals surface area contributed by atoms with E-state index in [1.807, 2.05) is 0 Å². The highest BCUT2D eigenvalue weighted by atomic mass is 32.2. The lowest BCUT2D eigenvalue weighted by Gasteiger charge is -2.23. The maximum absolute atomic E-state index is 11.7.